The van der Waals surface area contributed by atoms with Gasteiger partial charge in [-0.2, -0.15) is 0 Å². The molecular formula is C74H116N2O20. The Morgan fingerprint density at radius 2 is 1.08 bits per heavy atom. The Kier molecular flexibility index (Phi) is 48.1. The van der Waals surface area contributed by atoms with Gasteiger partial charge in [0.1, 0.15) is 35.6 Å². The number of ketones is 2. The number of carbonyl (C=O) groups excluding carboxylic acids is 3. The Morgan fingerprint density at radius 1 is 0.573 bits per heavy atom. The summed E-state index contributed by atoms with van der Waals surface area (Å²) in [5.41, 5.74) is -0.0185. The molecule has 0 bridgehead atoms. The molecule has 96 heavy (non-hydrogen) atoms. The van der Waals surface area contributed by atoms with E-state index < -0.39 is 104 Å². The lowest BCUT2D eigenvalue weighted by atomic mass is 9.88. The number of allylic oxidation sites excluding steroid dienone is 18. The number of aliphatic hydroxyl groups is 15. The van der Waals surface area contributed by atoms with E-state index in [9.17, 15) is 91.0 Å². The van der Waals surface area contributed by atoms with Crippen molar-refractivity contribution in [3.63, 3.8) is 0 Å². The highest BCUT2D eigenvalue weighted by molar-refractivity contribution is 6.03. The lowest BCUT2D eigenvalue weighted by Gasteiger charge is -2.39. The number of ether oxygens (including phenoxy) is 2. The summed E-state index contributed by atoms with van der Waals surface area (Å²) in [6, 6.07) is 0. The summed E-state index contributed by atoms with van der Waals surface area (Å²) in [7, 11) is 0. The number of nitrogens with one attached hydrogen (secondary N) is 1. The molecule has 0 spiro atoms. The number of Topliss-reactive ketones (excluding diaryl/α,β-unsaturated/α-hetero) is 2. The molecule has 1 amide bonds. The highest BCUT2D eigenvalue weighted by Crippen LogP contribution is 2.25. The fourth-order valence-corrected chi connectivity index (χ4v) is 9.77. The molecule has 0 saturated carbocycles. The lowest BCUT2D eigenvalue weighted by molar-refractivity contribution is -0.302. The van der Waals surface area contributed by atoms with E-state index in [1.165, 1.54) is 24.3 Å². The number of hydrogen-bond donors (Lipinski definition) is 16. The monoisotopic (exact) mass is 1350 g/mol. The van der Waals surface area contributed by atoms with E-state index in [2.05, 4.69) is 10.3 Å². The molecule has 2 aliphatic rings. The Hall–Kier alpha value is -5.74. The Bertz CT molecular complexity index is 2600. The molecule has 0 aromatic carbocycles. The van der Waals surface area contributed by atoms with Crippen molar-refractivity contribution >= 4 is 23.7 Å². The van der Waals surface area contributed by atoms with Crippen molar-refractivity contribution in [3.8, 4) is 0 Å². The molecule has 1 heterocycles. The van der Waals surface area contributed by atoms with Gasteiger partial charge in [0.05, 0.1) is 79.4 Å². The first-order chi connectivity index (χ1) is 45.6. The number of carbonyl (C=O) groups is 3. The molecule has 0 aromatic heterocycles. The number of amides is 1. The van der Waals surface area contributed by atoms with Crippen LogP contribution in [0.25, 0.3) is 0 Å². The predicted octanol–water partition coefficient (Wildman–Crippen LogP) is 6.15. The maximum atomic E-state index is 11.8. The van der Waals surface area contributed by atoms with Gasteiger partial charge in [-0.3, -0.25) is 19.4 Å². The van der Waals surface area contributed by atoms with Crippen molar-refractivity contribution in [2.75, 3.05) is 6.54 Å². The first kappa shape index (κ1) is 88.3. The fraction of sp³-hybridized carbons (Fsp3) is 0.595. The standard InChI is InChI=1S/C43H59NO10.C31H57NO10/c1-30(24-20-16-12-8-5-6-11-15-19-23-27-37(48)44-38-35(46)28-29-36(38)47)39(49)32(3)34(45)26-22-18-14-10-7-9-13-17-21-25-31(2)53-43-42(52)41(51)40(50)33(4)54-43;1-4-32-13-7-12-26(37)14-22(33)8-5-9-23(34)15-27(38)18-28(39)16-24(35)10-6-11-25(36)17-29(40)19-30(41)20-31(42)21(2)3/h5-11,13-15,17-24,26-27,30-34,39-43,45-46,49-52H,12,16,25,28-29H2,1-4H3,(H,44,48);4-6,9,11,21-30,33-41H,7-8,10,12-20H2,1-3H3/b8-5+,10-7+,11-6+,13-9+,18-14+,19-15+,21-17+,24-20+,26-22+,27-23+;9-5+,11-6+,32-4?. The van der Waals surface area contributed by atoms with E-state index in [1.807, 2.05) is 107 Å². The van der Waals surface area contributed by atoms with Crippen LogP contribution in [-0.2, 0) is 23.9 Å². The normalized spacial score (nSPS) is 23.2. The molecular weight excluding hydrogens is 1240 g/mol. The zero-order valence-corrected chi connectivity index (χ0v) is 57.2. The van der Waals surface area contributed by atoms with Gasteiger partial charge in [0, 0.05) is 62.5 Å². The number of aliphatic imine (C=N–C) groups is 1. The Morgan fingerprint density at radius 3 is 1.65 bits per heavy atom. The lowest BCUT2D eigenvalue weighted by Crippen LogP contribution is -2.57. The summed E-state index contributed by atoms with van der Waals surface area (Å²) >= 11 is 0. The SMILES string of the molecule is CC(C/C=C/C=C/C=C/C=C/C=C/C(O)C(C)C(O)C(C)/C=C/CC/C=C/C=C/C=C/C=C/C(=O)NC1=C(O)CCC1=O)OC1OC(C)C(O)C(O)C1O.CC=NCCCC(O)CC(O)C/C=C/C(O)CC(O)CC(O)CC(O)C/C=C/C(O)CC(O)CC(O)CC(=O)C(C)C. The topological polar surface area (TPSA) is 398 Å². The number of aliphatic hydroxyl groups excluding tert-OH is 15. The minimum absolute atomic E-state index is 0.0185. The number of hydrogen-bond acceptors (Lipinski definition) is 21. The molecule has 0 radical (unpaired) electrons. The second-order valence-corrected chi connectivity index (χ2v) is 24.9. The van der Waals surface area contributed by atoms with E-state index in [1.54, 1.807) is 69.5 Å². The van der Waals surface area contributed by atoms with E-state index >= 15 is 0 Å². The molecule has 0 aromatic rings. The van der Waals surface area contributed by atoms with Crippen molar-refractivity contribution in [3.05, 3.63) is 157 Å². The highest BCUT2D eigenvalue weighted by atomic mass is 16.7. The van der Waals surface area contributed by atoms with Crippen LogP contribution in [0, 0.1) is 17.8 Å². The van der Waals surface area contributed by atoms with Gasteiger partial charge in [0.15, 0.2) is 12.1 Å². The van der Waals surface area contributed by atoms with Crippen LogP contribution in [-0.4, -0.2) is 211 Å². The Balaban J connectivity index is 0.000000993. The molecule has 16 N–H and O–H groups in total. The maximum absolute atomic E-state index is 11.8. The number of unbranched alkanes of at least 4 members (excludes halogenated alkanes) is 1. The zero-order valence-electron chi connectivity index (χ0n) is 57.2. The van der Waals surface area contributed by atoms with E-state index in [0.29, 0.717) is 19.4 Å². The third-order valence-corrected chi connectivity index (χ3v) is 15.6. The summed E-state index contributed by atoms with van der Waals surface area (Å²) in [6.45, 7) is 13.1. The molecule has 1 aliphatic carbocycles. The van der Waals surface area contributed by atoms with Crippen molar-refractivity contribution in [2.24, 2.45) is 22.7 Å². The summed E-state index contributed by atoms with van der Waals surface area (Å²) in [6.07, 6.45) is 32.5. The van der Waals surface area contributed by atoms with Crippen LogP contribution < -0.4 is 5.32 Å². The van der Waals surface area contributed by atoms with Gasteiger partial charge in [0.2, 0.25) is 5.91 Å². The van der Waals surface area contributed by atoms with Gasteiger partial charge in [-0.15, -0.1) is 0 Å². The minimum atomic E-state index is -1.32. The van der Waals surface area contributed by atoms with Crippen molar-refractivity contribution < 1.29 is 100 Å². The molecule has 1 aliphatic heterocycles. The van der Waals surface area contributed by atoms with Crippen molar-refractivity contribution in [1.29, 1.82) is 0 Å². The Labute approximate surface area is 568 Å². The van der Waals surface area contributed by atoms with Crippen LogP contribution in [0.2, 0.25) is 0 Å². The highest BCUT2D eigenvalue weighted by Gasteiger charge is 2.43. The van der Waals surface area contributed by atoms with E-state index in [4.69, 9.17) is 9.47 Å². The van der Waals surface area contributed by atoms with Crippen LogP contribution in [0.4, 0.5) is 0 Å². The first-order valence-electron chi connectivity index (χ1n) is 33.6. The first-order valence-corrected chi connectivity index (χ1v) is 33.6. The van der Waals surface area contributed by atoms with Crippen LogP contribution >= 0.6 is 0 Å². The van der Waals surface area contributed by atoms with Crippen LogP contribution in [0.15, 0.2) is 162 Å². The zero-order chi connectivity index (χ0) is 72.0. The van der Waals surface area contributed by atoms with Crippen LogP contribution in [0.3, 0.4) is 0 Å². The summed E-state index contributed by atoms with van der Waals surface area (Å²) in [5, 5.41) is 154. The third-order valence-electron chi connectivity index (χ3n) is 15.6. The number of rotatable bonds is 46. The molecule has 22 nitrogen and oxygen atoms in total. The summed E-state index contributed by atoms with van der Waals surface area (Å²) in [5.74, 6) is -1.62. The average molecular weight is 1350 g/mol. The smallest absolute Gasteiger partial charge is 0.248 e. The van der Waals surface area contributed by atoms with Gasteiger partial charge < -0.3 is 91.4 Å². The second kappa shape index (κ2) is 52.3. The largest absolute Gasteiger partial charge is 0.510 e. The van der Waals surface area contributed by atoms with E-state index in [-0.39, 0.29) is 118 Å². The minimum Gasteiger partial charge on any atom is -0.510 e. The second-order valence-electron chi connectivity index (χ2n) is 24.9. The van der Waals surface area contributed by atoms with Crippen molar-refractivity contribution in [1.82, 2.24) is 5.32 Å². The van der Waals surface area contributed by atoms with Crippen LogP contribution in [0.5, 0.6) is 0 Å². The predicted molar refractivity (Wildman–Crippen MR) is 373 cm³/mol. The molecule has 1 saturated heterocycles. The maximum Gasteiger partial charge on any atom is 0.248 e. The fourth-order valence-electron chi connectivity index (χ4n) is 9.77. The van der Waals surface area contributed by atoms with Gasteiger partial charge >= 0.3 is 0 Å². The van der Waals surface area contributed by atoms with Gasteiger partial charge in [0.25, 0.3) is 0 Å². The molecule has 19 unspecified atom stereocenters. The molecule has 22 heteroatoms. The molecule has 542 valence electrons. The third kappa shape index (κ3) is 42.2. The van der Waals surface area contributed by atoms with Crippen molar-refractivity contribution in [2.45, 2.75) is 255 Å². The average Bonchev–Trinajstić information content (AvgIpc) is 1.05. The number of nitrogens with zero attached hydrogens (tertiary/aromatic N) is 1. The molecule has 19 atom stereocenters. The summed E-state index contributed by atoms with van der Waals surface area (Å²) < 4.78 is 11.1. The molecule has 2 rings (SSSR count). The van der Waals surface area contributed by atoms with Gasteiger partial charge in [-0.25, -0.2) is 0 Å². The molecule has 1 fully saturated rings. The van der Waals surface area contributed by atoms with E-state index in [0.717, 1.165) is 19.3 Å². The van der Waals surface area contributed by atoms with Gasteiger partial charge in [-0.05, 0) is 97.6 Å². The quantitative estimate of drug-likeness (QED) is 0.0107. The van der Waals surface area contributed by atoms with Crippen LogP contribution in [0.1, 0.15) is 151 Å². The van der Waals surface area contributed by atoms with Gasteiger partial charge in [-0.1, -0.05) is 167 Å². The summed E-state index contributed by atoms with van der Waals surface area (Å²) in [4.78, 5) is 39.2.